The quantitative estimate of drug-likeness (QED) is 0.869. The van der Waals surface area contributed by atoms with Gasteiger partial charge in [-0.05, 0) is 39.2 Å². The standard InChI is InChI=1S/C15H24N6O/c1-9(2)6-11-7-12(19-14(16)18-11)13-17-10(3)20-21(13)8-15(4,5)22/h7,9,22H,6,8H2,1-5H3,(H2,16,18,19). The van der Waals surface area contributed by atoms with Gasteiger partial charge in [0.05, 0.1) is 12.1 Å². The predicted octanol–water partition coefficient (Wildman–Crippen LogP) is 1.60. The molecule has 0 aromatic carbocycles. The first-order valence-electron chi connectivity index (χ1n) is 7.41. The van der Waals surface area contributed by atoms with Gasteiger partial charge in [-0.2, -0.15) is 5.10 Å². The highest BCUT2D eigenvalue weighted by Crippen LogP contribution is 2.20. The van der Waals surface area contributed by atoms with Gasteiger partial charge in [0.1, 0.15) is 11.5 Å². The van der Waals surface area contributed by atoms with Crippen LogP contribution in [0.25, 0.3) is 11.5 Å². The minimum atomic E-state index is -0.895. The fraction of sp³-hybridized carbons (Fsp3) is 0.600. The van der Waals surface area contributed by atoms with Crippen LogP contribution in [0.2, 0.25) is 0 Å². The summed E-state index contributed by atoms with van der Waals surface area (Å²) in [7, 11) is 0. The van der Waals surface area contributed by atoms with Gasteiger partial charge in [0.2, 0.25) is 5.95 Å². The van der Waals surface area contributed by atoms with Crippen molar-refractivity contribution in [3.63, 3.8) is 0 Å². The van der Waals surface area contributed by atoms with Crippen LogP contribution in [0.15, 0.2) is 6.07 Å². The van der Waals surface area contributed by atoms with Crippen LogP contribution >= 0.6 is 0 Å². The van der Waals surface area contributed by atoms with E-state index in [0.717, 1.165) is 12.1 Å². The molecule has 7 nitrogen and oxygen atoms in total. The highest BCUT2D eigenvalue weighted by atomic mass is 16.3. The third kappa shape index (κ3) is 4.24. The van der Waals surface area contributed by atoms with E-state index in [9.17, 15) is 5.11 Å². The van der Waals surface area contributed by atoms with Gasteiger partial charge in [0.25, 0.3) is 0 Å². The summed E-state index contributed by atoms with van der Waals surface area (Å²) in [6, 6.07) is 1.89. The maximum absolute atomic E-state index is 10.0. The van der Waals surface area contributed by atoms with Crippen LogP contribution in [0.5, 0.6) is 0 Å². The first kappa shape index (κ1) is 16.4. The van der Waals surface area contributed by atoms with Crippen molar-refractivity contribution in [1.29, 1.82) is 0 Å². The number of aromatic nitrogens is 5. The topological polar surface area (TPSA) is 103 Å². The number of anilines is 1. The number of aryl methyl sites for hydroxylation is 1. The number of nitrogens with two attached hydrogens (primary N) is 1. The fourth-order valence-electron chi connectivity index (χ4n) is 2.28. The summed E-state index contributed by atoms with van der Waals surface area (Å²) in [5.41, 5.74) is 6.45. The maximum Gasteiger partial charge on any atom is 0.220 e. The highest BCUT2D eigenvalue weighted by molar-refractivity contribution is 5.52. The van der Waals surface area contributed by atoms with Gasteiger partial charge in [0, 0.05) is 5.69 Å². The number of hydrogen-bond donors (Lipinski definition) is 2. The van der Waals surface area contributed by atoms with Crippen molar-refractivity contribution in [2.24, 2.45) is 5.92 Å². The molecule has 0 amide bonds. The Morgan fingerprint density at radius 3 is 2.55 bits per heavy atom. The molecule has 2 aromatic heterocycles. The predicted molar refractivity (Wildman–Crippen MR) is 85.0 cm³/mol. The molecule has 2 rings (SSSR count). The van der Waals surface area contributed by atoms with E-state index in [1.807, 2.05) is 13.0 Å². The zero-order chi connectivity index (χ0) is 16.5. The van der Waals surface area contributed by atoms with Crippen LogP contribution in [0.4, 0.5) is 5.95 Å². The Hall–Kier alpha value is -2.02. The normalized spacial score (nSPS) is 12.1. The van der Waals surface area contributed by atoms with E-state index in [1.165, 1.54) is 0 Å². The largest absolute Gasteiger partial charge is 0.389 e. The van der Waals surface area contributed by atoms with Crippen molar-refractivity contribution in [3.8, 4) is 11.5 Å². The van der Waals surface area contributed by atoms with E-state index in [2.05, 4.69) is 33.9 Å². The van der Waals surface area contributed by atoms with Crippen LogP contribution in [0.3, 0.4) is 0 Å². The molecule has 2 heterocycles. The number of nitrogen functional groups attached to an aromatic ring is 1. The molecule has 0 radical (unpaired) electrons. The Morgan fingerprint density at radius 1 is 1.27 bits per heavy atom. The summed E-state index contributed by atoms with van der Waals surface area (Å²) in [4.78, 5) is 13.0. The van der Waals surface area contributed by atoms with Crippen molar-refractivity contribution in [3.05, 3.63) is 17.6 Å². The number of aliphatic hydroxyl groups is 1. The summed E-state index contributed by atoms with van der Waals surface area (Å²) >= 11 is 0. The molecule has 7 heteroatoms. The smallest absolute Gasteiger partial charge is 0.220 e. The molecule has 0 fully saturated rings. The summed E-state index contributed by atoms with van der Waals surface area (Å²) in [5, 5.41) is 14.4. The highest BCUT2D eigenvalue weighted by Gasteiger charge is 2.20. The maximum atomic E-state index is 10.0. The molecule has 0 bridgehead atoms. The third-order valence-corrected chi connectivity index (χ3v) is 2.96. The molecule has 2 aromatic rings. The zero-order valence-electron chi connectivity index (χ0n) is 13.8. The average molecular weight is 304 g/mol. The molecule has 120 valence electrons. The lowest BCUT2D eigenvalue weighted by atomic mass is 10.1. The van der Waals surface area contributed by atoms with Gasteiger partial charge in [-0.1, -0.05) is 13.8 Å². The van der Waals surface area contributed by atoms with Crippen LogP contribution < -0.4 is 5.73 Å². The van der Waals surface area contributed by atoms with Crippen molar-refractivity contribution in [2.45, 2.75) is 53.2 Å². The second-order valence-corrected chi connectivity index (χ2v) is 6.65. The molecular weight excluding hydrogens is 280 g/mol. The molecule has 0 spiro atoms. The lowest BCUT2D eigenvalue weighted by molar-refractivity contribution is 0.0581. The Morgan fingerprint density at radius 2 is 1.95 bits per heavy atom. The van der Waals surface area contributed by atoms with E-state index in [1.54, 1.807) is 18.5 Å². The molecule has 0 unspecified atom stereocenters. The zero-order valence-corrected chi connectivity index (χ0v) is 13.8. The van der Waals surface area contributed by atoms with Gasteiger partial charge in [-0.25, -0.2) is 19.6 Å². The van der Waals surface area contributed by atoms with E-state index in [0.29, 0.717) is 29.8 Å². The molecule has 22 heavy (non-hydrogen) atoms. The minimum absolute atomic E-state index is 0.226. The fourth-order valence-corrected chi connectivity index (χ4v) is 2.28. The molecule has 0 saturated carbocycles. The Balaban J connectivity index is 2.45. The van der Waals surface area contributed by atoms with Crippen LogP contribution in [0.1, 0.15) is 39.2 Å². The van der Waals surface area contributed by atoms with E-state index in [-0.39, 0.29) is 5.95 Å². The molecule has 0 saturated heterocycles. The Bertz CT molecular complexity index is 657. The number of hydrogen-bond acceptors (Lipinski definition) is 6. The second-order valence-electron chi connectivity index (χ2n) is 6.65. The third-order valence-electron chi connectivity index (χ3n) is 2.96. The van der Waals surface area contributed by atoms with Gasteiger partial charge >= 0.3 is 0 Å². The number of rotatable bonds is 5. The summed E-state index contributed by atoms with van der Waals surface area (Å²) < 4.78 is 1.66. The lowest BCUT2D eigenvalue weighted by Crippen LogP contribution is -2.27. The van der Waals surface area contributed by atoms with Gasteiger partial charge in [0.15, 0.2) is 5.82 Å². The van der Waals surface area contributed by atoms with Gasteiger partial charge in [-0.3, -0.25) is 0 Å². The van der Waals surface area contributed by atoms with Crippen molar-refractivity contribution in [2.75, 3.05) is 5.73 Å². The average Bonchev–Trinajstić information content (AvgIpc) is 2.65. The summed E-state index contributed by atoms with van der Waals surface area (Å²) in [6.07, 6.45) is 0.818. The molecule has 0 aliphatic heterocycles. The van der Waals surface area contributed by atoms with E-state index in [4.69, 9.17) is 5.73 Å². The van der Waals surface area contributed by atoms with Crippen molar-refractivity contribution in [1.82, 2.24) is 24.7 Å². The summed E-state index contributed by atoms with van der Waals surface area (Å²) in [5.74, 6) is 1.92. The summed E-state index contributed by atoms with van der Waals surface area (Å²) in [6.45, 7) is 9.84. The lowest BCUT2D eigenvalue weighted by Gasteiger charge is -2.18. The van der Waals surface area contributed by atoms with Crippen LogP contribution in [-0.4, -0.2) is 35.4 Å². The Labute approximate surface area is 130 Å². The second kappa shape index (κ2) is 6.00. The van der Waals surface area contributed by atoms with Gasteiger partial charge in [-0.15, -0.1) is 0 Å². The Kier molecular flexibility index (Phi) is 4.46. The first-order chi connectivity index (χ1) is 10.1. The van der Waals surface area contributed by atoms with Crippen LogP contribution in [-0.2, 0) is 13.0 Å². The van der Waals surface area contributed by atoms with Crippen LogP contribution in [0, 0.1) is 12.8 Å². The molecule has 3 N–H and O–H groups in total. The van der Waals surface area contributed by atoms with Gasteiger partial charge < -0.3 is 10.8 Å². The van der Waals surface area contributed by atoms with Crippen molar-refractivity contribution >= 4 is 5.95 Å². The minimum Gasteiger partial charge on any atom is -0.389 e. The molecule has 0 aliphatic rings. The monoisotopic (exact) mass is 304 g/mol. The molecular formula is C15H24N6O. The van der Waals surface area contributed by atoms with Crippen molar-refractivity contribution < 1.29 is 5.11 Å². The molecule has 0 aliphatic carbocycles. The first-order valence-corrected chi connectivity index (χ1v) is 7.41. The molecule has 0 atom stereocenters. The van der Waals surface area contributed by atoms with E-state index < -0.39 is 5.60 Å². The number of nitrogens with zero attached hydrogens (tertiary/aromatic N) is 5. The SMILES string of the molecule is Cc1nc(-c2cc(CC(C)C)nc(N)n2)n(CC(C)(C)O)n1. The van der Waals surface area contributed by atoms with E-state index >= 15 is 0 Å².